The Morgan fingerprint density at radius 3 is 2.45 bits per heavy atom. The highest BCUT2D eigenvalue weighted by atomic mass is 15.0. The molecule has 0 aliphatic heterocycles. The van der Waals surface area contributed by atoms with Gasteiger partial charge in [0.15, 0.2) is 0 Å². The van der Waals surface area contributed by atoms with E-state index in [0.29, 0.717) is 0 Å². The molecule has 0 saturated heterocycles. The number of benzene rings is 1. The summed E-state index contributed by atoms with van der Waals surface area (Å²) in [5.41, 5.74) is 4.89. The molecule has 0 atom stereocenters. The minimum Gasteiger partial charge on any atom is -0.373 e. The molecule has 2 aromatic rings. The molecule has 0 unspecified atom stereocenters. The Hall–Kier alpha value is -1.90. The highest BCUT2D eigenvalue weighted by Crippen LogP contribution is 2.37. The van der Waals surface area contributed by atoms with E-state index in [2.05, 4.69) is 46.5 Å². The molecule has 1 N–H and O–H groups in total. The van der Waals surface area contributed by atoms with Gasteiger partial charge in [-0.1, -0.05) is 37.6 Å². The fourth-order valence-corrected chi connectivity index (χ4v) is 2.87. The van der Waals surface area contributed by atoms with Crippen molar-refractivity contribution in [3.8, 4) is 11.3 Å². The van der Waals surface area contributed by atoms with E-state index < -0.39 is 0 Å². The Kier molecular flexibility index (Phi) is 3.68. The van der Waals surface area contributed by atoms with Gasteiger partial charge in [0.2, 0.25) is 0 Å². The summed E-state index contributed by atoms with van der Waals surface area (Å²) in [4.78, 5) is 8.79. The molecule has 1 aliphatic rings. The van der Waals surface area contributed by atoms with Crippen molar-refractivity contribution >= 4 is 5.82 Å². The van der Waals surface area contributed by atoms with Crippen LogP contribution in [0, 0.1) is 0 Å². The molecule has 0 spiro atoms. The topological polar surface area (TPSA) is 37.8 Å². The smallest absolute Gasteiger partial charge is 0.132 e. The average Bonchev–Trinajstić information content (AvgIpc) is 2.45. The quantitative estimate of drug-likeness (QED) is 0.909. The van der Waals surface area contributed by atoms with Crippen LogP contribution < -0.4 is 5.32 Å². The number of aromatic nitrogens is 2. The van der Waals surface area contributed by atoms with Crippen LogP contribution in [0.4, 0.5) is 5.82 Å². The first-order valence-electron chi connectivity index (χ1n) is 7.45. The van der Waals surface area contributed by atoms with Crippen molar-refractivity contribution in [2.75, 3.05) is 12.4 Å². The Morgan fingerprint density at radius 1 is 1.15 bits per heavy atom. The highest BCUT2D eigenvalue weighted by molar-refractivity contribution is 5.68. The second kappa shape index (κ2) is 5.61. The van der Waals surface area contributed by atoms with Crippen LogP contribution in [-0.4, -0.2) is 17.0 Å². The minimum atomic E-state index is 0.785. The van der Waals surface area contributed by atoms with Gasteiger partial charge in [0.1, 0.15) is 12.1 Å². The summed E-state index contributed by atoms with van der Waals surface area (Å²) in [6.07, 6.45) is 6.63. The predicted octanol–water partition coefficient (Wildman–Crippen LogP) is 4.02. The van der Waals surface area contributed by atoms with Crippen LogP contribution in [0.1, 0.15) is 43.2 Å². The Morgan fingerprint density at radius 2 is 1.90 bits per heavy atom. The van der Waals surface area contributed by atoms with E-state index in [1.165, 1.54) is 36.0 Å². The maximum atomic E-state index is 4.49. The van der Waals surface area contributed by atoms with Crippen molar-refractivity contribution < 1.29 is 0 Å². The molecular formula is C17H21N3. The molecule has 1 aliphatic carbocycles. The maximum Gasteiger partial charge on any atom is 0.132 e. The lowest BCUT2D eigenvalue weighted by Crippen LogP contribution is -2.08. The normalized spacial score (nSPS) is 14.9. The van der Waals surface area contributed by atoms with Crippen LogP contribution in [0.5, 0.6) is 0 Å². The van der Waals surface area contributed by atoms with Gasteiger partial charge in [0, 0.05) is 18.2 Å². The van der Waals surface area contributed by atoms with E-state index in [4.69, 9.17) is 0 Å². The van der Waals surface area contributed by atoms with Crippen LogP contribution in [0.25, 0.3) is 11.3 Å². The van der Waals surface area contributed by atoms with Gasteiger partial charge in [0.05, 0.1) is 5.69 Å². The minimum absolute atomic E-state index is 0.785. The van der Waals surface area contributed by atoms with E-state index in [1.807, 2.05) is 7.05 Å². The third-order valence-corrected chi connectivity index (χ3v) is 4.30. The number of hydrogen-bond donors (Lipinski definition) is 1. The molecule has 3 heteroatoms. The number of anilines is 1. The summed E-state index contributed by atoms with van der Waals surface area (Å²) in [6.45, 7) is 2.14. The Balaban J connectivity index is 1.95. The number of hydrogen-bond acceptors (Lipinski definition) is 3. The summed E-state index contributed by atoms with van der Waals surface area (Å²) in [5.74, 6) is 1.72. The second-order valence-corrected chi connectivity index (χ2v) is 5.40. The third kappa shape index (κ3) is 2.28. The zero-order valence-corrected chi connectivity index (χ0v) is 12.2. The lowest BCUT2D eigenvalue weighted by molar-refractivity contribution is 0.420. The third-order valence-electron chi connectivity index (χ3n) is 4.30. The van der Waals surface area contributed by atoms with E-state index >= 15 is 0 Å². The van der Waals surface area contributed by atoms with Gasteiger partial charge in [-0.15, -0.1) is 0 Å². The van der Waals surface area contributed by atoms with E-state index in [-0.39, 0.29) is 0 Å². The average molecular weight is 267 g/mol. The lowest BCUT2D eigenvalue weighted by atomic mass is 9.80. The summed E-state index contributed by atoms with van der Waals surface area (Å²) < 4.78 is 0. The summed E-state index contributed by atoms with van der Waals surface area (Å²) in [5, 5.41) is 3.15. The Labute approximate surface area is 120 Å². The van der Waals surface area contributed by atoms with Gasteiger partial charge in [-0.05, 0) is 30.7 Å². The molecule has 0 radical (unpaired) electrons. The summed E-state index contributed by atoms with van der Waals surface area (Å²) in [6, 6.07) is 8.93. The molecule has 1 aromatic heterocycles. The van der Waals surface area contributed by atoms with E-state index in [1.54, 1.807) is 6.33 Å². The first-order chi connectivity index (χ1) is 9.83. The van der Waals surface area contributed by atoms with Gasteiger partial charge < -0.3 is 5.32 Å². The standard InChI is InChI=1S/C17H21N3/c1-3-15-16(19-11-20-17(15)18-2)14-9-7-13(8-10-14)12-5-4-6-12/h7-12H,3-6H2,1-2H3,(H,18,19,20). The first kappa shape index (κ1) is 13.1. The molecular weight excluding hydrogens is 246 g/mol. The molecule has 1 fully saturated rings. The van der Waals surface area contributed by atoms with Crippen molar-refractivity contribution in [3.05, 3.63) is 41.7 Å². The summed E-state index contributed by atoms with van der Waals surface area (Å²) in [7, 11) is 1.91. The first-order valence-corrected chi connectivity index (χ1v) is 7.45. The molecule has 0 bridgehead atoms. The Bertz CT molecular complexity index is 586. The zero-order valence-electron chi connectivity index (χ0n) is 12.2. The van der Waals surface area contributed by atoms with Crippen LogP contribution in [0.3, 0.4) is 0 Å². The number of rotatable bonds is 4. The van der Waals surface area contributed by atoms with Gasteiger partial charge in [-0.3, -0.25) is 0 Å². The molecule has 104 valence electrons. The van der Waals surface area contributed by atoms with Crippen molar-refractivity contribution in [3.63, 3.8) is 0 Å². The van der Waals surface area contributed by atoms with Crippen molar-refractivity contribution in [1.82, 2.24) is 9.97 Å². The largest absolute Gasteiger partial charge is 0.373 e. The molecule has 1 saturated carbocycles. The zero-order chi connectivity index (χ0) is 13.9. The number of nitrogens with zero attached hydrogens (tertiary/aromatic N) is 2. The number of nitrogens with one attached hydrogen (secondary N) is 1. The summed E-state index contributed by atoms with van der Waals surface area (Å²) >= 11 is 0. The highest BCUT2D eigenvalue weighted by Gasteiger charge is 2.19. The molecule has 3 nitrogen and oxygen atoms in total. The molecule has 3 rings (SSSR count). The second-order valence-electron chi connectivity index (χ2n) is 5.40. The van der Waals surface area contributed by atoms with Crippen LogP contribution in [0.2, 0.25) is 0 Å². The van der Waals surface area contributed by atoms with Gasteiger partial charge >= 0.3 is 0 Å². The van der Waals surface area contributed by atoms with Crippen molar-refractivity contribution in [2.24, 2.45) is 0 Å². The van der Waals surface area contributed by atoms with E-state index in [9.17, 15) is 0 Å². The molecule has 1 heterocycles. The van der Waals surface area contributed by atoms with Crippen LogP contribution in [-0.2, 0) is 6.42 Å². The van der Waals surface area contributed by atoms with Gasteiger partial charge in [-0.25, -0.2) is 9.97 Å². The lowest BCUT2D eigenvalue weighted by Gasteiger charge is -2.25. The molecule has 20 heavy (non-hydrogen) atoms. The van der Waals surface area contributed by atoms with Crippen LogP contribution in [0.15, 0.2) is 30.6 Å². The fourth-order valence-electron chi connectivity index (χ4n) is 2.87. The van der Waals surface area contributed by atoms with Gasteiger partial charge in [-0.2, -0.15) is 0 Å². The van der Waals surface area contributed by atoms with Gasteiger partial charge in [0.25, 0.3) is 0 Å². The van der Waals surface area contributed by atoms with Crippen LogP contribution >= 0.6 is 0 Å². The van der Waals surface area contributed by atoms with Crippen molar-refractivity contribution in [1.29, 1.82) is 0 Å². The molecule has 0 amide bonds. The SMILES string of the molecule is CCc1c(NC)ncnc1-c1ccc(C2CCC2)cc1. The fraction of sp³-hybridized carbons (Fsp3) is 0.412. The molecule has 1 aromatic carbocycles. The maximum absolute atomic E-state index is 4.49. The van der Waals surface area contributed by atoms with E-state index in [0.717, 1.165) is 23.9 Å². The predicted molar refractivity (Wildman–Crippen MR) is 83.0 cm³/mol. The monoisotopic (exact) mass is 267 g/mol. The van der Waals surface area contributed by atoms with Crippen molar-refractivity contribution in [2.45, 2.75) is 38.5 Å².